The van der Waals surface area contributed by atoms with Crippen molar-refractivity contribution in [1.82, 2.24) is 4.98 Å². The summed E-state index contributed by atoms with van der Waals surface area (Å²) in [5, 5.41) is 29.0. The molecule has 6 aromatic rings. The molecule has 2 N–H and O–H groups in total. The molecule has 0 atom stereocenters. The standard InChI is InChI=1S/C23H14BNO2S/c26-24(27)23-22-17(9-10-25-23)20-11-18-15-7-3-1-5-13(15)14-6-2-4-8-16(14)19(18)12-21(20)28-22/h1-12,26-27H. The lowest BCUT2D eigenvalue weighted by molar-refractivity contribution is 0.425. The summed E-state index contributed by atoms with van der Waals surface area (Å²) in [7, 11) is -1.58. The van der Waals surface area contributed by atoms with E-state index in [0.717, 1.165) is 20.2 Å². The Balaban J connectivity index is 1.88. The summed E-state index contributed by atoms with van der Waals surface area (Å²) in [6.07, 6.45) is 1.64. The van der Waals surface area contributed by atoms with Crippen molar-refractivity contribution < 1.29 is 10.0 Å². The van der Waals surface area contributed by atoms with Crippen LogP contribution in [0.15, 0.2) is 72.9 Å². The molecule has 0 radical (unpaired) electrons. The first-order valence-electron chi connectivity index (χ1n) is 9.13. The first-order chi connectivity index (χ1) is 13.7. The zero-order valence-corrected chi connectivity index (χ0v) is 15.6. The van der Waals surface area contributed by atoms with Crippen molar-refractivity contribution >= 4 is 76.5 Å². The fourth-order valence-corrected chi connectivity index (χ4v) is 5.53. The number of nitrogens with zero attached hydrogens (tertiary/aromatic N) is 1. The zero-order valence-electron chi connectivity index (χ0n) is 14.8. The number of pyridine rings is 1. The van der Waals surface area contributed by atoms with E-state index in [0.29, 0.717) is 5.59 Å². The van der Waals surface area contributed by atoms with Gasteiger partial charge in [-0.25, -0.2) is 0 Å². The quantitative estimate of drug-likeness (QED) is 0.325. The largest absolute Gasteiger partial charge is 0.509 e. The van der Waals surface area contributed by atoms with Gasteiger partial charge in [-0.2, -0.15) is 0 Å². The average Bonchev–Trinajstić information content (AvgIpc) is 3.10. The van der Waals surface area contributed by atoms with Crippen molar-refractivity contribution in [1.29, 1.82) is 0 Å². The van der Waals surface area contributed by atoms with Gasteiger partial charge < -0.3 is 10.0 Å². The number of benzene rings is 4. The van der Waals surface area contributed by atoms with E-state index in [2.05, 4.69) is 65.6 Å². The number of aromatic nitrogens is 1. The molecule has 0 saturated carbocycles. The second kappa shape index (κ2) is 5.75. The van der Waals surface area contributed by atoms with Crippen LogP contribution in [0.1, 0.15) is 0 Å². The van der Waals surface area contributed by atoms with Crippen molar-refractivity contribution in [2.45, 2.75) is 0 Å². The third-order valence-electron chi connectivity index (χ3n) is 5.52. The van der Waals surface area contributed by atoms with Crippen LogP contribution in [-0.2, 0) is 0 Å². The number of hydrogen-bond acceptors (Lipinski definition) is 4. The highest BCUT2D eigenvalue weighted by Gasteiger charge is 2.20. The number of fused-ring (bicyclic) bond motifs is 9. The van der Waals surface area contributed by atoms with E-state index in [1.165, 1.54) is 32.3 Å². The first kappa shape index (κ1) is 16.0. The normalized spacial score (nSPS) is 11.9. The molecule has 6 rings (SSSR count). The summed E-state index contributed by atoms with van der Waals surface area (Å²) in [5.74, 6) is 0. The highest BCUT2D eigenvalue weighted by atomic mass is 32.1. The van der Waals surface area contributed by atoms with Crippen LogP contribution in [0.5, 0.6) is 0 Å². The molecule has 132 valence electrons. The van der Waals surface area contributed by atoms with Gasteiger partial charge >= 0.3 is 7.12 Å². The van der Waals surface area contributed by atoms with Crippen molar-refractivity contribution in [3.05, 3.63) is 72.9 Å². The fraction of sp³-hybridized carbons (Fsp3) is 0. The molecular formula is C23H14BNO2S. The Morgan fingerprint density at radius 1 is 0.643 bits per heavy atom. The van der Waals surface area contributed by atoms with Gasteiger partial charge in [0.2, 0.25) is 0 Å². The molecule has 4 aromatic carbocycles. The van der Waals surface area contributed by atoms with E-state index >= 15 is 0 Å². The predicted octanol–water partition coefficient (Wildman–Crippen LogP) is 4.59. The van der Waals surface area contributed by atoms with Gasteiger partial charge in [0.25, 0.3) is 0 Å². The predicted molar refractivity (Wildman–Crippen MR) is 119 cm³/mol. The first-order valence-corrected chi connectivity index (χ1v) is 9.94. The van der Waals surface area contributed by atoms with Crippen LogP contribution in [0.4, 0.5) is 0 Å². The molecule has 5 heteroatoms. The Bertz CT molecular complexity index is 1550. The van der Waals surface area contributed by atoms with E-state index in [9.17, 15) is 10.0 Å². The smallest absolute Gasteiger partial charge is 0.422 e. The van der Waals surface area contributed by atoms with Crippen LogP contribution >= 0.6 is 11.3 Å². The molecule has 0 amide bonds. The highest BCUT2D eigenvalue weighted by molar-refractivity contribution is 7.27. The summed E-state index contributed by atoms with van der Waals surface area (Å²) in [6, 6.07) is 23.5. The molecule has 0 aliphatic rings. The highest BCUT2D eigenvalue weighted by Crippen LogP contribution is 2.41. The van der Waals surface area contributed by atoms with Crippen molar-refractivity contribution in [2.24, 2.45) is 0 Å². The average molecular weight is 379 g/mol. The van der Waals surface area contributed by atoms with Crippen LogP contribution < -0.4 is 5.59 Å². The van der Waals surface area contributed by atoms with E-state index in [1.807, 2.05) is 6.07 Å². The number of thiophene rings is 1. The lowest BCUT2D eigenvalue weighted by Gasteiger charge is -2.10. The van der Waals surface area contributed by atoms with Gasteiger partial charge in [0, 0.05) is 21.7 Å². The van der Waals surface area contributed by atoms with Gasteiger partial charge in [-0.3, -0.25) is 4.98 Å². The van der Waals surface area contributed by atoms with Gasteiger partial charge in [0.05, 0.1) is 10.3 Å². The fourth-order valence-electron chi connectivity index (χ4n) is 4.30. The topological polar surface area (TPSA) is 53.4 Å². The van der Waals surface area contributed by atoms with E-state index < -0.39 is 7.12 Å². The molecule has 28 heavy (non-hydrogen) atoms. The maximum atomic E-state index is 9.72. The Morgan fingerprint density at radius 2 is 1.21 bits per heavy atom. The molecule has 3 nitrogen and oxygen atoms in total. The van der Waals surface area contributed by atoms with Gasteiger partial charge in [-0.1, -0.05) is 48.5 Å². The third-order valence-corrected chi connectivity index (χ3v) is 6.71. The maximum Gasteiger partial charge on any atom is 0.509 e. The lowest BCUT2D eigenvalue weighted by Crippen LogP contribution is -2.32. The lowest BCUT2D eigenvalue weighted by atomic mass is 9.85. The minimum absolute atomic E-state index is 0.317. The van der Waals surface area contributed by atoms with E-state index in [1.54, 1.807) is 17.5 Å². The van der Waals surface area contributed by atoms with Gasteiger partial charge in [-0.15, -0.1) is 11.3 Å². The van der Waals surface area contributed by atoms with Gasteiger partial charge in [-0.05, 0) is 50.5 Å². The van der Waals surface area contributed by atoms with Crippen molar-refractivity contribution in [2.75, 3.05) is 0 Å². The van der Waals surface area contributed by atoms with Crippen LogP contribution in [0.2, 0.25) is 0 Å². The maximum absolute atomic E-state index is 9.72. The minimum atomic E-state index is -1.58. The van der Waals surface area contributed by atoms with Crippen molar-refractivity contribution in [3.8, 4) is 0 Å². The molecule has 0 saturated heterocycles. The minimum Gasteiger partial charge on any atom is -0.422 e. The Kier molecular flexibility index (Phi) is 3.29. The molecule has 2 heterocycles. The summed E-state index contributed by atoms with van der Waals surface area (Å²) >= 11 is 1.56. The second-order valence-electron chi connectivity index (χ2n) is 7.03. The third kappa shape index (κ3) is 2.09. The SMILES string of the molecule is OB(O)c1nccc2c1sc1cc3c4ccccc4c4ccccc4c3cc12. The van der Waals surface area contributed by atoms with Crippen LogP contribution in [-0.4, -0.2) is 22.2 Å². The molecule has 2 aromatic heterocycles. The van der Waals surface area contributed by atoms with Crippen LogP contribution in [0.3, 0.4) is 0 Å². The summed E-state index contributed by atoms with van der Waals surface area (Å²) < 4.78 is 1.95. The van der Waals surface area contributed by atoms with Gasteiger partial charge in [0.1, 0.15) is 0 Å². The molecular weight excluding hydrogens is 365 g/mol. The summed E-state index contributed by atoms with van der Waals surface area (Å²) in [6.45, 7) is 0. The van der Waals surface area contributed by atoms with Crippen molar-refractivity contribution in [3.63, 3.8) is 0 Å². The second-order valence-corrected chi connectivity index (χ2v) is 8.09. The summed E-state index contributed by atoms with van der Waals surface area (Å²) in [4.78, 5) is 4.18. The Hall–Kier alpha value is -2.99. The van der Waals surface area contributed by atoms with E-state index in [-0.39, 0.29) is 0 Å². The van der Waals surface area contributed by atoms with Crippen LogP contribution in [0.25, 0.3) is 52.5 Å². The monoisotopic (exact) mass is 379 g/mol. The van der Waals surface area contributed by atoms with Crippen LogP contribution in [0, 0.1) is 0 Å². The number of rotatable bonds is 1. The molecule has 0 aliphatic carbocycles. The zero-order chi connectivity index (χ0) is 18.8. The summed E-state index contributed by atoms with van der Waals surface area (Å²) in [5.41, 5.74) is 0.317. The molecule has 0 bridgehead atoms. The van der Waals surface area contributed by atoms with Gasteiger partial charge in [0.15, 0.2) is 0 Å². The molecule has 0 spiro atoms. The Labute approximate surface area is 164 Å². The molecule has 0 aliphatic heterocycles. The molecule has 0 fully saturated rings. The molecule has 0 unspecified atom stereocenters. The number of hydrogen-bond donors (Lipinski definition) is 2. The Morgan fingerprint density at radius 3 is 1.82 bits per heavy atom. The van der Waals surface area contributed by atoms with E-state index in [4.69, 9.17) is 0 Å².